The van der Waals surface area contributed by atoms with Gasteiger partial charge in [0.1, 0.15) is 11.4 Å². The molecule has 2 aromatic rings. The van der Waals surface area contributed by atoms with E-state index in [0.717, 1.165) is 12.1 Å². The van der Waals surface area contributed by atoms with Crippen LogP contribution in [0.4, 0.5) is 18.0 Å². The topological polar surface area (TPSA) is 74.5 Å². The molecule has 0 spiro atoms. The van der Waals surface area contributed by atoms with E-state index in [1.807, 2.05) is 0 Å². The summed E-state index contributed by atoms with van der Waals surface area (Å²) in [4.78, 5) is 11.7. The summed E-state index contributed by atoms with van der Waals surface area (Å²) >= 11 is 0. The molecule has 1 heterocycles. The molecule has 1 unspecified atom stereocenters. The Morgan fingerprint density at radius 1 is 1.21 bits per heavy atom. The number of urea groups is 1. The van der Waals surface area contributed by atoms with Gasteiger partial charge in [0.05, 0.1) is 18.4 Å². The van der Waals surface area contributed by atoms with E-state index < -0.39 is 23.4 Å². The van der Waals surface area contributed by atoms with Crippen molar-refractivity contribution >= 4 is 6.03 Å². The van der Waals surface area contributed by atoms with Crippen molar-refractivity contribution in [3.05, 3.63) is 59.5 Å². The van der Waals surface area contributed by atoms with Gasteiger partial charge in [0, 0.05) is 6.54 Å². The lowest BCUT2D eigenvalue weighted by Crippen LogP contribution is -2.43. The molecule has 5 nitrogen and oxygen atoms in total. The molecule has 0 aliphatic heterocycles. The Balaban J connectivity index is 1.86. The number of hydrogen-bond acceptors (Lipinski definition) is 3. The Labute approximate surface area is 136 Å². The first kappa shape index (κ1) is 17.9. The minimum Gasteiger partial charge on any atom is -0.466 e. The molecule has 0 radical (unpaired) electrons. The van der Waals surface area contributed by atoms with Crippen molar-refractivity contribution in [2.45, 2.75) is 25.2 Å². The average Bonchev–Trinajstić information content (AvgIpc) is 3.06. The van der Waals surface area contributed by atoms with E-state index in [4.69, 9.17) is 4.42 Å². The van der Waals surface area contributed by atoms with Gasteiger partial charge in [0.2, 0.25) is 0 Å². The van der Waals surface area contributed by atoms with Crippen LogP contribution in [0.2, 0.25) is 0 Å². The van der Waals surface area contributed by atoms with Gasteiger partial charge in [-0.3, -0.25) is 0 Å². The number of furan rings is 1. The maximum atomic E-state index is 12.6. The summed E-state index contributed by atoms with van der Waals surface area (Å²) in [7, 11) is 0. The lowest BCUT2D eigenvalue weighted by Gasteiger charge is -2.21. The largest absolute Gasteiger partial charge is 0.466 e. The highest BCUT2D eigenvalue weighted by molar-refractivity contribution is 5.73. The van der Waals surface area contributed by atoms with Crippen LogP contribution < -0.4 is 10.6 Å². The number of hydrogen-bond donors (Lipinski definition) is 3. The highest BCUT2D eigenvalue weighted by atomic mass is 19.4. The molecule has 1 atom stereocenters. The van der Waals surface area contributed by atoms with Gasteiger partial charge in [-0.2, -0.15) is 13.2 Å². The molecular formula is C16H17F3N2O3. The van der Waals surface area contributed by atoms with Crippen LogP contribution in [0.25, 0.3) is 0 Å². The van der Waals surface area contributed by atoms with Gasteiger partial charge < -0.3 is 20.2 Å². The van der Waals surface area contributed by atoms with E-state index in [0.29, 0.717) is 11.3 Å². The maximum Gasteiger partial charge on any atom is 0.416 e. The number of benzene rings is 1. The van der Waals surface area contributed by atoms with Gasteiger partial charge >= 0.3 is 12.2 Å². The lowest BCUT2D eigenvalue weighted by molar-refractivity contribution is -0.137. The zero-order valence-electron chi connectivity index (χ0n) is 12.9. The minimum absolute atomic E-state index is 0.0708. The minimum atomic E-state index is -4.43. The van der Waals surface area contributed by atoms with Crippen molar-refractivity contribution in [2.75, 3.05) is 6.54 Å². The first-order valence-corrected chi connectivity index (χ1v) is 7.13. The van der Waals surface area contributed by atoms with Crippen LogP contribution in [-0.2, 0) is 18.3 Å². The van der Waals surface area contributed by atoms with Crippen LogP contribution in [0.5, 0.6) is 0 Å². The highest BCUT2D eigenvalue weighted by Gasteiger charge is 2.30. The van der Waals surface area contributed by atoms with Crippen molar-refractivity contribution in [1.29, 1.82) is 0 Å². The van der Waals surface area contributed by atoms with E-state index in [-0.39, 0.29) is 13.1 Å². The van der Waals surface area contributed by atoms with Crippen LogP contribution in [-0.4, -0.2) is 17.7 Å². The monoisotopic (exact) mass is 342 g/mol. The Bertz CT molecular complexity index is 682. The Morgan fingerprint density at radius 2 is 1.96 bits per heavy atom. The van der Waals surface area contributed by atoms with Crippen LogP contribution in [0.1, 0.15) is 23.8 Å². The van der Waals surface area contributed by atoms with Crippen molar-refractivity contribution in [2.24, 2.45) is 0 Å². The first-order chi connectivity index (χ1) is 11.2. The number of nitrogens with one attached hydrogen (secondary N) is 2. The molecule has 2 amide bonds. The molecule has 8 heteroatoms. The maximum absolute atomic E-state index is 12.6. The number of aliphatic hydroxyl groups is 1. The van der Waals surface area contributed by atoms with E-state index in [9.17, 15) is 23.1 Å². The van der Waals surface area contributed by atoms with Crippen LogP contribution >= 0.6 is 0 Å². The van der Waals surface area contributed by atoms with Crippen LogP contribution in [0.3, 0.4) is 0 Å². The van der Waals surface area contributed by atoms with Crippen molar-refractivity contribution < 1.29 is 27.5 Å². The van der Waals surface area contributed by atoms with E-state index in [2.05, 4.69) is 10.6 Å². The standard InChI is InChI=1S/C16H17F3N2O3/c1-15(23,13-6-3-7-24-13)10-21-14(22)20-9-11-4-2-5-12(8-11)16(17,18)19/h2-8,23H,9-10H2,1H3,(H2,20,21,22). The third-order valence-corrected chi connectivity index (χ3v) is 3.35. The average molecular weight is 342 g/mol. The fourth-order valence-electron chi connectivity index (χ4n) is 2.03. The second-order valence-electron chi connectivity index (χ2n) is 5.49. The lowest BCUT2D eigenvalue weighted by atomic mass is 10.0. The second kappa shape index (κ2) is 6.96. The molecule has 0 bridgehead atoms. The van der Waals surface area contributed by atoms with Gasteiger partial charge in [-0.05, 0) is 36.8 Å². The zero-order valence-corrected chi connectivity index (χ0v) is 12.9. The molecule has 1 aromatic heterocycles. The predicted molar refractivity (Wildman–Crippen MR) is 80.0 cm³/mol. The third-order valence-electron chi connectivity index (χ3n) is 3.35. The number of carbonyl (C=O) groups is 1. The van der Waals surface area contributed by atoms with Crippen molar-refractivity contribution in [3.8, 4) is 0 Å². The summed E-state index contributed by atoms with van der Waals surface area (Å²) in [6.45, 7) is 1.28. The molecule has 2 rings (SSSR count). The summed E-state index contributed by atoms with van der Waals surface area (Å²) < 4.78 is 42.9. The molecule has 0 saturated carbocycles. The van der Waals surface area contributed by atoms with E-state index in [1.165, 1.54) is 25.3 Å². The molecule has 1 aromatic carbocycles. The summed E-state index contributed by atoms with van der Waals surface area (Å²) in [5.41, 5.74) is -1.85. The summed E-state index contributed by atoms with van der Waals surface area (Å²) in [5.74, 6) is 0.292. The predicted octanol–water partition coefficient (Wildman–Crippen LogP) is 3.01. The molecule has 130 valence electrons. The normalized spacial score (nSPS) is 14.0. The second-order valence-corrected chi connectivity index (χ2v) is 5.49. The molecular weight excluding hydrogens is 325 g/mol. The van der Waals surface area contributed by atoms with Gasteiger partial charge in [0.25, 0.3) is 0 Å². The SMILES string of the molecule is CC(O)(CNC(=O)NCc1cccc(C(F)(F)F)c1)c1ccco1. The number of alkyl halides is 3. The van der Waals surface area contributed by atoms with Crippen LogP contribution in [0, 0.1) is 0 Å². The smallest absolute Gasteiger partial charge is 0.416 e. The third kappa shape index (κ3) is 4.76. The van der Waals surface area contributed by atoms with Gasteiger partial charge in [-0.1, -0.05) is 12.1 Å². The van der Waals surface area contributed by atoms with Crippen LogP contribution in [0.15, 0.2) is 47.1 Å². The van der Waals surface area contributed by atoms with E-state index >= 15 is 0 Å². The zero-order chi connectivity index (χ0) is 17.8. The van der Waals surface area contributed by atoms with E-state index in [1.54, 1.807) is 12.1 Å². The highest BCUT2D eigenvalue weighted by Crippen LogP contribution is 2.29. The fourth-order valence-corrected chi connectivity index (χ4v) is 2.03. The van der Waals surface area contributed by atoms with Crippen molar-refractivity contribution in [3.63, 3.8) is 0 Å². The summed E-state index contributed by atoms with van der Waals surface area (Å²) in [5, 5.41) is 15.1. The van der Waals surface area contributed by atoms with Gasteiger partial charge in [0.15, 0.2) is 0 Å². The number of rotatable bonds is 5. The van der Waals surface area contributed by atoms with Crippen molar-refractivity contribution in [1.82, 2.24) is 10.6 Å². The summed E-state index contributed by atoms with van der Waals surface area (Å²) in [6, 6.07) is 7.26. The first-order valence-electron chi connectivity index (χ1n) is 7.13. The molecule has 0 saturated heterocycles. The Morgan fingerprint density at radius 3 is 2.58 bits per heavy atom. The fraction of sp³-hybridized carbons (Fsp3) is 0.312. The quantitative estimate of drug-likeness (QED) is 0.782. The molecule has 0 fully saturated rings. The molecule has 0 aliphatic rings. The molecule has 3 N–H and O–H groups in total. The number of amides is 2. The Kier molecular flexibility index (Phi) is 5.18. The van der Waals surface area contributed by atoms with Gasteiger partial charge in [-0.25, -0.2) is 4.79 Å². The number of halogens is 3. The number of carbonyl (C=O) groups excluding carboxylic acids is 1. The molecule has 0 aliphatic carbocycles. The van der Waals surface area contributed by atoms with Gasteiger partial charge in [-0.15, -0.1) is 0 Å². The summed E-state index contributed by atoms with van der Waals surface area (Å²) in [6.07, 6.45) is -3.03. The Hall–Kier alpha value is -2.48. The molecule has 24 heavy (non-hydrogen) atoms.